The van der Waals surface area contributed by atoms with Gasteiger partial charge in [0, 0.05) is 30.4 Å². The second-order valence-corrected chi connectivity index (χ2v) is 5.56. The highest BCUT2D eigenvalue weighted by Gasteiger charge is 2.18. The molecule has 0 spiro atoms. The number of anilines is 1. The molecule has 0 radical (unpaired) electrons. The Kier molecular flexibility index (Phi) is 5.03. The number of hydrogen-bond donors (Lipinski definition) is 1. The van der Waals surface area contributed by atoms with Gasteiger partial charge in [-0.2, -0.15) is 19.0 Å². The number of hydrazone groups is 1. The van der Waals surface area contributed by atoms with E-state index in [2.05, 4.69) is 15.2 Å². The van der Waals surface area contributed by atoms with Crippen molar-refractivity contribution in [2.75, 3.05) is 24.7 Å². The molecule has 2 aromatic heterocycles. The number of rotatable bonds is 6. The zero-order valence-corrected chi connectivity index (χ0v) is 13.8. The third-order valence-electron chi connectivity index (χ3n) is 3.89. The average molecular weight is 347 g/mol. The van der Waals surface area contributed by atoms with Crippen LogP contribution in [0.3, 0.4) is 0 Å². The van der Waals surface area contributed by atoms with Gasteiger partial charge in [-0.3, -0.25) is 14.7 Å². The van der Waals surface area contributed by atoms with Crippen molar-refractivity contribution < 1.29 is 8.78 Å². The first-order chi connectivity index (χ1) is 12.1. The fourth-order valence-corrected chi connectivity index (χ4v) is 2.44. The van der Waals surface area contributed by atoms with Gasteiger partial charge in [0.1, 0.15) is 13.0 Å². The van der Waals surface area contributed by atoms with Gasteiger partial charge < -0.3 is 10.6 Å². The third-order valence-corrected chi connectivity index (χ3v) is 3.89. The van der Waals surface area contributed by atoms with E-state index in [1.807, 2.05) is 34.8 Å². The number of pyridine rings is 1. The molecule has 3 rings (SSSR count). The van der Waals surface area contributed by atoms with Crippen LogP contribution >= 0.6 is 0 Å². The van der Waals surface area contributed by atoms with E-state index in [1.165, 1.54) is 5.01 Å². The Labute approximate surface area is 144 Å². The predicted molar refractivity (Wildman–Crippen MR) is 92.0 cm³/mol. The Bertz CT molecular complexity index is 778. The lowest BCUT2D eigenvalue weighted by Crippen LogP contribution is -2.29. The number of aromatic nitrogens is 3. The van der Waals surface area contributed by atoms with E-state index in [0.29, 0.717) is 6.67 Å². The lowest BCUT2D eigenvalue weighted by atomic mass is 10.2. The first kappa shape index (κ1) is 17.0. The summed E-state index contributed by atoms with van der Waals surface area (Å²) in [5.41, 5.74) is 7.82. The van der Waals surface area contributed by atoms with Gasteiger partial charge in [-0.05, 0) is 19.1 Å². The Morgan fingerprint density at radius 2 is 2.12 bits per heavy atom. The Hall–Kier alpha value is -2.81. The van der Waals surface area contributed by atoms with Gasteiger partial charge in [0.05, 0.1) is 30.3 Å². The number of halogens is 2. The normalized spacial score (nSPS) is 13.6. The van der Waals surface area contributed by atoms with Gasteiger partial charge in [0.15, 0.2) is 0 Å². The minimum atomic E-state index is -1.74. The monoisotopic (exact) mass is 347 g/mol. The molecule has 0 aliphatic carbocycles. The molecule has 3 heterocycles. The second-order valence-electron chi connectivity index (χ2n) is 5.56. The van der Waals surface area contributed by atoms with Gasteiger partial charge in [0.2, 0.25) is 0 Å². The van der Waals surface area contributed by atoms with E-state index >= 15 is 0 Å². The number of hydrogen-bond acceptors (Lipinski definition) is 6. The molecule has 0 fully saturated rings. The fourth-order valence-electron chi connectivity index (χ4n) is 2.44. The molecule has 0 amide bonds. The van der Waals surface area contributed by atoms with Crippen molar-refractivity contribution in [1.29, 1.82) is 0 Å². The topological polar surface area (TPSA) is 75.6 Å². The SMILES string of the molecule is CCn1cc(-c2ccc(N3C=NN(CC(CN)=C(F)F)C3)cn2)cn1. The minimum absolute atomic E-state index is 0.00749. The predicted octanol–water partition coefficient (Wildman–Crippen LogP) is 2.10. The lowest BCUT2D eigenvalue weighted by Gasteiger charge is -2.19. The number of aryl methyl sites for hydroxylation is 1. The molecule has 9 heteroatoms. The molecule has 2 aromatic rings. The highest BCUT2D eigenvalue weighted by molar-refractivity contribution is 5.80. The Balaban J connectivity index is 1.66. The summed E-state index contributed by atoms with van der Waals surface area (Å²) in [7, 11) is 0. The molecular weight excluding hydrogens is 328 g/mol. The maximum absolute atomic E-state index is 12.7. The highest BCUT2D eigenvalue weighted by Crippen LogP contribution is 2.21. The molecule has 25 heavy (non-hydrogen) atoms. The molecule has 1 aliphatic heterocycles. The van der Waals surface area contributed by atoms with E-state index in [4.69, 9.17) is 5.73 Å². The van der Waals surface area contributed by atoms with E-state index in [-0.39, 0.29) is 18.7 Å². The summed E-state index contributed by atoms with van der Waals surface area (Å²) in [5, 5.41) is 9.89. The van der Waals surface area contributed by atoms with Crippen molar-refractivity contribution in [3.05, 3.63) is 42.4 Å². The van der Waals surface area contributed by atoms with Crippen LogP contribution in [0.15, 0.2) is 47.5 Å². The van der Waals surface area contributed by atoms with E-state index in [1.54, 1.807) is 18.7 Å². The largest absolute Gasteiger partial charge is 0.327 e. The summed E-state index contributed by atoms with van der Waals surface area (Å²) < 4.78 is 27.2. The van der Waals surface area contributed by atoms with Crippen LogP contribution in [0.2, 0.25) is 0 Å². The molecule has 0 saturated carbocycles. The Morgan fingerprint density at radius 1 is 1.28 bits per heavy atom. The molecular formula is C16H19F2N7. The van der Waals surface area contributed by atoms with Crippen LogP contribution in [0.5, 0.6) is 0 Å². The number of nitrogens with two attached hydrogens (primary N) is 1. The molecule has 7 nitrogen and oxygen atoms in total. The van der Waals surface area contributed by atoms with Crippen LogP contribution in [-0.2, 0) is 6.54 Å². The standard InChI is InChI=1S/C16H19F2N7/c1-2-24-9-13(6-21-24)15-4-3-14(7-20-15)23-10-22-25(11-23)8-12(5-19)16(17)18/h3-4,6-7,9-10H,2,5,8,11,19H2,1H3. The van der Waals surface area contributed by atoms with Gasteiger partial charge >= 0.3 is 0 Å². The van der Waals surface area contributed by atoms with Crippen molar-refractivity contribution in [3.8, 4) is 11.3 Å². The molecule has 0 unspecified atom stereocenters. The second kappa shape index (κ2) is 7.39. The fraction of sp³-hybridized carbons (Fsp3) is 0.312. The van der Waals surface area contributed by atoms with Crippen molar-refractivity contribution in [2.24, 2.45) is 10.8 Å². The zero-order valence-electron chi connectivity index (χ0n) is 13.8. The maximum atomic E-state index is 12.7. The molecule has 132 valence electrons. The lowest BCUT2D eigenvalue weighted by molar-refractivity contribution is 0.326. The molecule has 0 atom stereocenters. The molecule has 2 N–H and O–H groups in total. The molecule has 1 aliphatic rings. The van der Waals surface area contributed by atoms with Crippen molar-refractivity contribution in [1.82, 2.24) is 19.8 Å². The van der Waals surface area contributed by atoms with Crippen molar-refractivity contribution in [3.63, 3.8) is 0 Å². The van der Waals surface area contributed by atoms with Gasteiger partial charge in [-0.1, -0.05) is 0 Å². The summed E-state index contributed by atoms with van der Waals surface area (Å²) in [4.78, 5) is 6.28. The van der Waals surface area contributed by atoms with E-state index in [9.17, 15) is 8.78 Å². The average Bonchev–Trinajstić information content (AvgIpc) is 3.29. The van der Waals surface area contributed by atoms with Gasteiger partial charge in [-0.25, -0.2) is 0 Å². The Morgan fingerprint density at radius 3 is 2.72 bits per heavy atom. The van der Waals surface area contributed by atoms with Gasteiger partial charge in [0.25, 0.3) is 6.08 Å². The highest BCUT2D eigenvalue weighted by atomic mass is 19.3. The van der Waals surface area contributed by atoms with Crippen molar-refractivity contribution in [2.45, 2.75) is 13.5 Å². The summed E-state index contributed by atoms with van der Waals surface area (Å²) in [6.45, 7) is 3.01. The quantitative estimate of drug-likeness (QED) is 0.866. The first-order valence-corrected chi connectivity index (χ1v) is 7.88. The maximum Gasteiger partial charge on any atom is 0.272 e. The smallest absolute Gasteiger partial charge is 0.272 e. The third kappa shape index (κ3) is 3.82. The van der Waals surface area contributed by atoms with E-state index in [0.717, 1.165) is 23.5 Å². The summed E-state index contributed by atoms with van der Waals surface area (Å²) >= 11 is 0. The van der Waals surface area contributed by atoms with Crippen LogP contribution in [0.1, 0.15) is 6.92 Å². The summed E-state index contributed by atoms with van der Waals surface area (Å²) in [5.74, 6) is 0. The minimum Gasteiger partial charge on any atom is -0.327 e. The van der Waals surface area contributed by atoms with Crippen molar-refractivity contribution >= 4 is 12.0 Å². The van der Waals surface area contributed by atoms with Crippen LogP contribution in [0, 0.1) is 0 Å². The van der Waals surface area contributed by atoms with Crippen LogP contribution in [-0.4, -0.2) is 45.9 Å². The zero-order chi connectivity index (χ0) is 17.8. The van der Waals surface area contributed by atoms with Gasteiger partial charge in [-0.15, -0.1) is 0 Å². The first-order valence-electron chi connectivity index (χ1n) is 7.88. The van der Waals surface area contributed by atoms with Crippen LogP contribution in [0.4, 0.5) is 14.5 Å². The summed E-state index contributed by atoms with van der Waals surface area (Å²) in [6, 6.07) is 3.81. The molecule has 0 aromatic carbocycles. The summed E-state index contributed by atoms with van der Waals surface area (Å²) in [6.07, 6.45) is 5.29. The van der Waals surface area contributed by atoms with Crippen LogP contribution in [0.25, 0.3) is 11.3 Å². The van der Waals surface area contributed by atoms with Crippen LogP contribution < -0.4 is 10.6 Å². The molecule has 0 bridgehead atoms. The number of nitrogens with zero attached hydrogens (tertiary/aromatic N) is 6. The molecule has 0 saturated heterocycles. The van der Waals surface area contributed by atoms with E-state index < -0.39 is 6.08 Å².